The number of methoxy groups -OCH3 is 1. The fourth-order valence-corrected chi connectivity index (χ4v) is 4.36. The van der Waals surface area contributed by atoms with Crippen molar-refractivity contribution in [2.24, 2.45) is 0 Å². The third-order valence-corrected chi connectivity index (χ3v) is 5.55. The fourth-order valence-electron chi connectivity index (χ4n) is 2.29. The molecule has 23 heavy (non-hydrogen) atoms. The average molecular weight is 362 g/mol. The predicted molar refractivity (Wildman–Crippen MR) is 87.8 cm³/mol. The monoisotopic (exact) mass is 361 g/mol. The van der Waals surface area contributed by atoms with Crippen molar-refractivity contribution in [2.75, 3.05) is 20.3 Å². The quantitative estimate of drug-likeness (QED) is 0.663. The molecule has 0 saturated carbocycles. The van der Waals surface area contributed by atoms with Gasteiger partial charge in [0.25, 0.3) is 0 Å². The third-order valence-electron chi connectivity index (χ3n) is 3.21. The Bertz CT molecular complexity index is 746. The highest BCUT2D eigenvalue weighted by Crippen LogP contribution is 2.53. The molecule has 5 nitrogen and oxygen atoms in total. The summed E-state index contributed by atoms with van der Waals surface area (Å²) < 4.78 is 43.0. The summed E-state index contributed by atoms with van der Waals surface area (Å²) in [6.45, 7) is 3.84. The van der Waals surface area contributed by atoms with Gasteiger partial charge in [0.15, 0.2) is 11.6 Å². The van der Waals surface area contributed by atoms with Gasteiger partial charge in [-0.05, 0) is 31.5 Å². The van der Waals surface area contributed by atoms with Crippen molar-refractivity contribution >= 4 is 30.1 Å². The van der Waals surface area contributed by atoms with Crippen molar-refractivity contribution in [2.45, 2.75) is 20.0 Å². The van der Waals surface area contributed by atoms with Gasteiger partial charge in [0.2, 0.25) is 0 Å². The maximum absolute atomic E-state index is 14.7. The minimum atomic E-state index is -3.44. The summed E-state index contributed by atoms with van der Waals surface area (Å²) in [5.41, 5.74) is 0.723. The van der Waals surface area contributed by atoms with E-state index in [1.165, 1.54) is 19.4 Å². The lowest BCUT2D eigenvalue weighted by Gasteiger charge is -2.19. The van der Waals surface area contributed by atoms with Crippen molar-refractivity contribution in [3.8, 4) is 5.75 Å². The molecule has 0 fully saturated rings. The first-order chi connectivity index (χ1) is 11.0. The van der Waals surface area contributed by atoms with E-state index in [1.807, 2.05) is 0 Å². The molecule has 2 rings (SSSR count). The van der Waals surface area contributed by atoms with E-state index in [2.05, 4.69) is 4.98 Å². The Morgan fingerprint density at radius 3 is 2.48 bits per heavy atom. The lowest BCUT2D eigenvalue weighted by molar-refractivity contribution is 0.219. The molecule has 8 heteroatoms. The van der Waals surface area contributed by atoms with Crippen LogP contribution in [0.2, 0.25) is 5.02 Å². The highest BCUT2D eigenvalue weighted by molar-refractivity contribution is 7.53. The van der Waals surface area contributed by atoms with Crippen LogP contribution in [0.1, 0.15) is 19.4 Å². The SMILES string of the molecule is CCOP(=O)(Cc1c(Cl)cnc2ccc(OC)c(F)c12)OCC. The average Bonchev–Trinajstić information content (AvgIpc) is 2.51. The van der Waals surface area contributed by atoms with Gasteiger partial charge < -0.3 is 13.8 Å². The van der Waals surface area contributed by atoms with E-state index in [-0.39, 0.29) is 35.5 Å². The topological polar surface area (TPSA) is 57.7 Å². The van der Waals surface area contributed by atoms with Crippen molar-refractivity contribution < 1.29 is 22.7 Å². The molecule has 0 spiro atoms. The molecule has 0 amide bonds. The van der Waals surface area contributed by atoms with E-state index in [1.54, 1.807) is 19.9 Å². The molecule has 0 atom stereocenters. The number of aromatic nitrogens is 1. The molecular weight excluding hydrogens is 344 g/mol. The zero-order chi connectivity index (χ0) is 17.0. The highest BCUT2D eigenvalue weighted by Gasteiger charge is 2.28. The summed E-state index contributed by atoms with van der Waals surface area (Å²) in [5.74, 6) is -0.542. The van der Waals surface area contributed by atoms with E-state index in [0.29, 0.717) is 11.1 Å². The number of fused-ring (bicyclic) bond motifs is 1. The van der Waals surface area contributed by atoms with E-state index < -0.39 is 13.4 Å². The molecule has 0 aliphatic rings. The summed E-state index contributed by atoms with van der Waals surface area (Å²) in [4.78, 5) is 4.10. The van der Waals surface area contributed by atoms with E-state index in [0.717, 1.165) is 0 Å². The predicted octanol–water partition coefficient (Wildman–Crippen LogP) is 4.80. The second-order valence-corrected chi connectivity index (χ2v) is 7.13. The van der Waals surface area contributed by atoms with Crippen LogP contribution in [0, 0.1) is 5.82 Å². The summed E-state index contributed by atoms with van der Waals surface area (Å²) in [7, 11) is -2.07. The largest absolute Gasteiger partial charge is 0.494 e. The zero-order valence-electron chi connectivity index (χ0n) is 13.1. The van der Waals surface area contributed by atoms with Gasteiger partial charge in [-0.25, -0.2) is 4.39 Å². The van der Waals surface area contributed by atoms with Gasteiger partial charge in [-0.3, -0.25) is 9.55 Å². The molecule has 1 aromatic heterocycles. The van der Waals surface area contributed by atoms with Crippen molar-refractivity contribution in [1.29, 1.82) is 0 Å². The number of halogens is 2. The zero-order valence-corrected chi connectivity index (χ0v) is 14.8. The number of hydrogen-bond acceptors (Lipinski definition) is 5. The van der Waals surface area contributed by atoms with Crippen molar-refractivity contribution in [1.82, 2.24) is 4.98 Å². The normalized spacial score (nSPS) is 11.9. The number of pyridine rings is 1. The molecule has 0 N–H and O–H groups in total. The molecular formula is C15H18ClFNO4P. The Hall–Kier alpha value is -1.20. The van der Waals surface area contributed by atoms with Crippen molar-refractivity contribution in [3.05, 3.63) is 34.7 Å². The Balaban J connectivity index is 2.63. The standard InChI is InChI=1S/C15H18ClFNO4P/c1-4-21-23(19,22-5-2)9-10-11(16)8-18-12-6-7-13(20-3)15(17)14(10)12/h6-8H,4-5,9H2,1-3H3. The number of hydrogen-bond donors (Lipinski definition) is 0. The van der Waals surface area contributed by atoms with Crippen LogP contribution in [0.25, 0.3) is 10.9 Å². The van der Waals surface area contributed by atoms with E-state index in [9.17, 15) is 8.96 Å². The van der Waals surface area contributed by atoms with Crippen LogP contribution in [0.3, 0.4) is 0 Å². The third kappa shape index (κ3) is 3.83. The van der Waals surface area contributed by atoms with Crippen LogP contribution >= 0.6 is 19.2 Å². The number of ether oxygens (including phenoxy) is 1. The van der Waals surface area contributed by atoms with Crippen LogP contribution in [-0.2, 0) is 19.8 Å². The number of rotatable bonds is 7. The Morgan fingerprint density at radius 1 is 1.26 bits per heavy atom. The molecule has 0 unspecified atom stereocenters. The van der Waals surface area contributed by atoms with Crippen LogP contribution in [0.4, 0.5) is 4.39 Å². The van der Waals surface area contributed by atoms with E-state index >= 15 is 0 Å². The number of nitrogens with zero attached hydrogens (tertiary/aromatic N) is 1. The lowest BCUT2D eigenvalue weighted by atomic mass is 10.1. The summed E-state index contributed by atoms with van der Waals surface area (Å²) in [6, 6.07) is 3.09. The minimum absolute atomic E-state index is 0.0606. The second-order valence-electron chi connectivity index (χ2n) is 4.67. The number of benzene rings is 1. The molecule has 0 aliphatic heterocycles. The van der Waals surface area contributed by atoms with Crippen LogP contribution in [-0.4, -0.2) is 25.3 Å². The van der Waals surface area contributed by atoms with E-state index in [4.69, 9.17) is 25.4 Å². The fraction of sp³-hybridized carbons (Fsp3) is 0.400. The van der Waals surface area contributed by atoms with Gasteiger partial charge in [-0.1, -0.05) is 11.6 Å². The Kier molecular flexibility index (Phi) is 5.98. The van der Waals surface area contributed by atoms with Gasteiger partial charge in [0.1, 0.15) is 0 Å². The molecule has 126 valence electrons. The highest BCUT2D eigenvalue weighted by atomic mass is 35.5. The molecule has 1 aromatic carbocycles. The lowest BCUT2D eigenvalue weighted by Crippen LogP contribution is -2.02. The summed E-state index contributed by atoms with van der Waals surface area (Å²) in [5, 5.41) is 0.362. The van der Waals surface area contributed by atoms with Crippen LogP contribution < -0.4 is 4.74 Å². The van der Waals surface area contributed by atoms with Gasteiger partial charge >= 0.3 is 7.60 Å². The smallest absolute Gasteiger partial charge is 0.335 e. The Morgan fingerprint density at radius 2 is 1.91 bits per heavy atom. The maximum Gasteiger partial charge on any atom is 0.335 e. The first-order valence-corrected chi connectivity index (χ1v) is 9.24. The molecule has 2 aromatic rings. The first kappa shape index (κ1) is 18.1. The molecule has 0 bridgehead atoms. The molecule has 0 aliphatic carbocycles. The van der Waals surface area contributed by atoms with Gasteiger partial charge in [0.05, 0.1) is 37.0 Å². The second kappa shape index (κ2) is 7.58. The van der Waals surface area contributed by atoms with Gasteiger partial charge in [-0.15, -0.1) is 0 Å². The van der Waals surface area contributed by atoms with Crippen LogP contribution in [0.5, 0.6) is 5.75 Å². The summed E-state index contributed by atoms with van der Waals surface area (Å²) in [6.07, 6.45) is 1.25. The van der Waals surface area contributed by atoms with Crippen molar-refractivity contribution in [3.63, 3.8) is 0 Å². The van der Waals surface area contributed by atoms with Crippen LogP contribution in [0.15, 0.2) is 18.3 Å². The molecule has 0 radical (unpaired) electrons. The maximum atomic E-state index is 14.7. The first-order valence-electron chi connectivity index (χ1n) is 7.13. The van der Waals surface area contributed by atoms with Gasteiger partial charge in [-0.2, -0.15) is 0 Å². The Labute approximate surface area is 139 Å². The molecule has 0 saturated heterocycles. The molecule has 1 heterocycles. The minimum Gasteiger partial charge on any atom is -0.494 e. The summed E-state index contributed by atoms with van der Waals surface area (Å²) >= 11 is 6.17. The van der Waals surface area contributed by atoms with Gasteiger partial charge in [0, 0.05) is 11.6 Å².